The summed E-state index contributed by atoms with van der Waals surface area (Å²) in [5.41, 5.74) is 0.726. The third-order valence-corrected chi connectivity index (χ3v) is 2.89. The van der Waals surface area contributed by atoms with Crippen LogP contribution < -0.4 is 10.1 Å². The average Bonchev–Trinajstić information content (AvgIpc) is 2.50. The zero-order valence-electron chi connectivity index (χ0n) is 11.8. The van der Waals surface area contributed by atoms with Crippen molar-refractivity contribution < 1.29 is 13.9 Å². The van der Waals surface area contributed by atoms with Crippen LogP contribution in [0.15, 0.2) is 54.6 Å². The highest BCUT2D eigenvalue weighted by Gasteiger charge is 2.09. The van der Waals surface area contributed by atoms with E-state index in [4.69, 9.17) is 4.74 Å². The number of nitrogens with one attached hydrogen (secondary N) is 1. The number of hydrogen-bond acceptors (Lipinski definition) is 2. The van der Waals surface area contributed by atoms with Crippen LogP contribution in [-0.2, 0) is 0 Å². The van der Waals surface area contributed by atoms with Crippen molar-refractivity contribution in [1.29, 1.82) is 0 Å². The fourth-order valence-electron chi connectivity index (χ4n) is 1.70. The lowest BCUT2D eigenvalue weighted by atomic mass is 10.3. The van der Waals surface area contributed by atoms with Crippen molar-refractivity contribution in [2.24, 2.45) is 0 Å². The summed E-state index contributed by atoms with van der Waals surface area (Å²) in [6.45, 7) is 0.576. The zero-order chi connectivity index (χ0) is 15.1. The van der Waals surface area contributed by atoms with Crippen molar-refractivity contribution >= 4 is 11.7 Å². The molecule has 0 heterocycles. The minimum atomic E-state index is -0.408. The van der Waals surface area contributed by atoms with Crippen LogP contribution in [0.25, 0.3) is 0 Å². The summed E-state index contributed by atoms with van der Waals surface area (Å²) in [5, 5.41) is 2.76. The summed E-state index contributed by atoms with van der Waals surface area (Å²) in [7, 11) is 1.66. The SMILES string of the molecule is CN(CCOc1ccccc1F)C(=O)Nc1ccccc1. The number of hydrogen-bond donors (Lipinski definition) is 1. The average molecular weight is 288 g/mol. The number of urea groups is 1. The van der Waals surface area contributed by atoms with E-state index in [1.54, 1.807) is 25.2 Å². The molecule has 0 spiro atoms. The lowest BCUT2D eigenvalue weighted by molar-refractivity contribution is 0.206. The van der Waals surface area contributed by atoms with Crippen molar-refractivity contribution in [3.63, 3.8) is 0 Å². The largest absolute Gasteiger partial charge is 0.489 e. The van der Waals surface area contributed by atoms with Gasteiger partial charge in [0.15, 0.2) is 11.6 Å². The Morgan fingerprint density at radius 1 is 1.14 bits per heavy atom. The number of ether oxygens (including phenoxy) is 1. The molecule has 2 aromatic carbocycles. The predicted octanol–water partition coefficient (Wildman–Crippen LogP) is 3.37. The van der Waals surface area contributed by atoms with E-state index in [2.05, 4.69) is 5.32 Å². The van der Waals surface area contributed by atoms with Crippen molar-refractivity contribution in [3.05, 3.63) is 60.4 Å². The second-order valence-corrected chi connectivity index (χ2v) is 4.50. The van der Waals surface area contributed by atoms with Gasteiger partial charge in [-0.1, -0.05) is 30.3 Å². The maximum atomic E-state index is 13.3. The normalized spacial score (nSPS) is 10.0. The highest BCUT2D eigenvalue weighted by Crippen LogP contribution is 2.15. The molecule has 0 aliphatic carbocycles. The number of carbonyl (C=O) groups excluding carboxylic acids is 1. The van der Waals surface area contributed by atoms with Crippen LogP contribution in [0.1, 0.15) is 0 Å². The number of anilines is 1. The number of halogens is 1. The molecule has 0 saturated heterocycles. The van der Waals surface area contributed by atoms with E-state index in [1.165, 1.54) is 11.0 Å². The number of nitrogens with zero attached hydrogens (tertiary/aromatic N) is 1. The summed E-state index contributed by atoms with van der Waals surface area (Å²) >= 11 is 0. The molecule has 0 unspecified atom stereocenters. The summed E-state index contributed by atoms with van der Waals surface area (Å²) < 4.78 is 18.7. The Morgan fingerprint density at radius 3 is 2.52 bits per heavy atom. The standard InChI is InChI=1S/C16H17FN2O2/c1-19(16(20)18-13-7-3-2-4-8-13)11-12-21-15-10-6-5-9-14(15)17/h2-10H,11-12H2,1H3,(H,18,20). The van der Waals surface area contributed by atoms with Gasteiger partial charge >= 0.3 is 6.03 Å². The van der Waals surface area contributed by atoms with Crippen molar-refractivity contribution in [1.82, 2.24) is 4.90 Å². The van der Waals surface area contributed by atoms with Gasteiger partial charge in [0.25, 0.3) is 0 Å². The Morgan fingerprint density at radius 2 is 1.81 bits per heavy atom. The fraction of sp³-hybridized carbons (Fsp3) is 0.188. The first kappa shape index (κ1) is 14.8. The summed E-state index contributed by atoms with van der Waals surface area (Å²) in [6, 6.07) is 15.1. The molecule has 110 valence electrons. The van der Waals surface area contributed by atoms with Gasteiger partial charge in [0.2, 0.25) is 0 Å². The van der Waals surface area contributed by atoms with Gasteiger partial charge in [-0.2, -0.15) is 0 Å². The van der Waals surface area contributed by atoms with E-state index in [9.17, 15) is 9.18 Å². The van der Waals surface area contributed by atoms with Gasteiger partial charge in [-0.25, -0.2) is 9.18 Å². The number of amides is 2. The Balaban J connectivity index is 1.78. The second kappa shape index (κ2) is 7.28. The molecule has 0 aliphatic rings. The molecule has 2 aromatic rings. The monoisotopic (exact) mass is 288 g/mol. The van der Waals surface area contributed by atoms with Crippen molar-refractivity contribution in [2.75, 3.05) is 25.5 Å². The van der Waals surface area contributed by atoms with Gasteiger partial charge in [0.1, 0.15) is 6.61 Å². The number of rotatable bonds is 5. The first-order chi connectivity index (χ1) is 10.2. The number of likely N-dealkylation sites (N-methyl/N-ethyl adjacent to an activating group) is 1. The molecule has 0 atom stereocenters. The minimum absolute atomic E-state index is 0.189. The molecular formula is C16H17FN2O2. The molecule has 0 aliphatic heterocycles. The van der Waals surface area contributed by atoms with Gasteiger partial charge in [-0.15, -0.1) is 0 Å². The Kier molecular flexibility index (Phi) is 5.15. The van der Waals surface area contributed by atoms with Crippen LogP contribution in [0.3, 0.4) is 0 Å². The first-order valence-corrected chi connectivity index (χ1v) is 6.61. The molecule has 2 amide bonds. The molecule has 0 fully saturated rings. The Hall–Kier alpha value is -2.56. The van der Waals surface area contributed by atoms with Crippen LogP contribution in [-0.4, -0.2) is 31.1 Å². The summed E-state index contributed by atoms with van der Waals surface area (Å²) in [5.74, 6) is -0.219. The maximum Gasteiger partial charge on any atom is 0.321 e. The van der Waals surface area contributed by atoms with Crippen LogP contribution in [0.4, 0.5) is 14.9 Å². The fourth-order valence-corrected chi connectivity index (χ4v) is 1.70. The van der Waals surface area contributed by atoms with Crippen LogP contribution in [0, 0.1) is 5.82 Å². The summed E-state index contributed by atoms with van der Waals surface area (Å²) in [6.07, 6.45) is 0. The summed E-state index contributed by atoms with van der Waals surface area (Å²) in [4.78, 5) is 13.4. The predicted molar refractivity (Wildman–Crippen MR) is 80.0 cm³/mol. The quantitative estimate of drug-likeness (QED) is 0.916. The zero-order valence-corrected chi connectivity index (χ0v) is 11.8. The van der Waals surface area contributed by atoms with E-state index in [0.29, 0.717) is 6.54 Å². The molecular weight excluding hydrogens is 271 g/mol. The van der Waals surface area contributed by atoms with E-state index in [0.717, 1.165) is 5.69 Å². The van der Waals surface area contributed by atoms with E-state index in [1.807, 2.05) is 30.3 Å². The Labute approximate surface area is 123 Å². The molecule has 0 aromatic heterocycles. The molecule has 4 nitrogen and oxygen atoms in total. The van der Waals surface area contributed by atoms with Crippen molar-refractivity contribution in [2.45, 2.75) is 0 Å². The lowest BCUT2D eigenvalue weighted by Crippen LogP contribution is -2.34. The van der Waals surface area contributed by atoms with Crippen LogP contribution >= 0.6 is 0 Å². The second-order valence-electron chi connectivity index (χ2n) is 4.50. The van der Waals surface area contributed by atoms with Gasteiger partial charge in [-0.05, 0) is 24.3 Å². The smallest absolute Gasteiger partial charge is 0.321 e. The third kappa shape index (κ3) is 4.49. The molecule has 0 saturated carbocycles. The van der Waals surface area contributed by atoms with Gasteiger partial charge in [-0.3, -0.25) is 0 Å². The molecule has 0 bridgehead atoms. The van der Waals surface area contributed by atoms with Crippen molar-refractivity contribution in [3.8, 4) is 5.75 Å². The molecule has 2 rings (SSSR count). The van der Waals surface area contributed by atoms with Gasteiger partial charge < -0.3 is 15.0 Å². The number of para-hydroxylation sites is 2. The van der Waals surface area contributed by atoms with E-state index < -0.39 is 5.82 Å². The molecule has 0 radical (unpaired) electrons. The van der Waals surface area contributed by atoms with Gasteiger partial charge in [0.05, 0.1) is 6.54 Å². The minimum Gasteiger partial charge on any atom is -0.489 e. The third-order valence-electron chi connectivity index (χ3n) is 2.89. The van der Waals surface area contributed by atoms with Crippen LogP contribution in [0.5, 0.6) is 5.75 Å². The van der Waals surface area contributed by atoms with Crippen LogP contribution in [0.2, 0.25) is 0 Å². The lowest BCUT2D eigenvalue weighted by Gasteiger charge is -2.18. The molecule has 21 heavy (non-hydrogen) atoms. The highest BCUT2D eigenvalue weighted by molar-refractivity contribution is 5.89. The first-order valence-electron chi connectivity index (χ1n) is 6.61. The van der Waals surface area contributed by atoms with E-state index >= 15 is 0 Å². The molecule has 1 N–H and O–H groups in total. The highest BCUT2D eigenvalue weighted by atomic mass is 19.1. The maximum absolute atomic E-state index is 13.3. The van der Waals surface area contributed by atoms with Gasteiger partial charge in [0, 0.05) is 12.7 Å². The van der Waals surface area contributed by atoms with E-state index in [-0.39, 0.29) is 18.4 Å². The topological polar surface area (TPSA) is 41.6 Å². The Bertz CT molecular complexity index is 590. The molecule has 5 heteroatoms. The number of benzene rings is 2. The number of carbonyl (C=O) groups is 1.